The van der Waals surface area contributed by atoms with Crippen LogP contribution in [-0.2, 0) is 6.42 Å². The highest BCUT2D eigenvalue weighted by Gasteiger charge is 2.09. The van der Waals surface area contributed by atoms with E-state index >= 15 is 0 Å². The van der Waals surface area contributed by atoms with Crippen LogP contribution >= 0.6 is 0 Å². The number of hydrogen-bond acceptors (Lipinski definition) is 2. The lowest BCUT2D eigenvalue weighted by molar-refractivity contribution is 0.485. The van der Waals surface area contributed by atoms with Crippen LogP contribution in [0.15, 0.2) is 24.3 Å². The molecule has 2 nitrogen and oxygen atoms in total. The van der Waals surface area contributed by atoms with Crippen LogP contribution in [-0.4, -0.2) is 27.2 Å². The van der Waals surface area contributed by atoms with Crippen LogP contribution in [0.5, 0.6) is 0 Å². The van der Waals surface area contributed by atoms with Gasteiger partial charge in [0.25, 0.3) is 0 Å². The third-order valence-corrected chi connectivity index (χ3v) is 3.52. The smallest absolute Gasteiger partial charge is 0.0363 e. The normalized spacial score (nSPS) is 12.4. The number of nitrogens with zero attached hydrogens (tertiary/aromatic N) is 1. The Labute approximate surface area is 112 Å². The zero-order valence-electron chi connectivity index (χ0n) is 12.4. The summed E-state index contributed by atoms with van der Waals surface area (Å²) in [6, 6.07) is 9.01. The summed E-state index contributed by atoms with van der Waals surface area (Å²) in [4.78, 5) is 2.36. The minimum absolute atomic E-state index is 0.718. The van der Waals surface area contributed by atoms with Crippen LogP contribution in [0, 0.1) is 5.92 Å². The van der Waals surface area contributed by atoms with E-state index in [0.717, 1.165) is 19.0 Å². The molecule has 0 fully saturated rings. The van der Waals surface area contributed by atoms with Gasteiger partial charge in [-0.2, -0.15) is 0 Å². The van der Waals surface area contributed by atoms with E-state index in [1.807, 2.05) is 7.05 Å². The van der Waals surface area contributed by atoms with E-state index in [2.05, 4.69) is 55.4 Å². The number of anilines is 1. The van der Waals surface area contributed by atoms with E-state index in [0.29, 0.717) is 0 Å². The molecular weight excluding hydrogens is 220 g/mol. The van der Waals surface area contributed by atoms with Crippen molar-refractivity contribution < 1.29 is 0 Å². The lowest BCUT2D eigenvalue weighted by Gasteiger charge is -2.25. The van der Waals surface area contributed by atoms with Crippen molar-refractivity contribution in [3.63, 3.8) is 0 Å². The molecule has 1 N–H and O–H groups in total. The standard InChI is InChI=1S/C16H28N2/c1-5-7-15-8-10-16(11-9-15)18(4)13-14(6-2)12-17-3/h8-11,14,17H,5-7,12-13H2,1-4H3. The van der Waals surface area contributed by atoms with Gasteiger partial charge < -0.3 is 10.2 Å². The SMILES string of the molecule is CCCc1ccc(N(C)CC(CC)CNC)cc1. The van der Waals surface area contributed by atoms with E-state index in [9.17, 15) is 0 Å². The molecule has 18 heavy (non-hydrogen) atoms. The Kier molecular flexibility index (Phi) is 6.81. The second kappa shape index (κ2) is 8.15. The highest BCUT2D eigenvalue weighted by molar-refractivity contribution is 5.46. The monoisotopic (exact) mass is 248 g/mol. The van der Waals surface area contributed by atoms with Crippen LogP contribution in [0.2, 0.25) is 0 Å². The molecule has 102 valence electrons. The van der Waals surface area contributed by atoms with Crippen LogP contribution in [0.25, 0.3) is 0 Å². The molecule has 1 atom stereocenters. The van der Waals surface area contributed by atoms with Gasteiger partial charge in [-0.15, -0.1) is 0 Å². The van der Waals surface area contributed by atoms with Gasteiger partial charge in [-0.3, -0.25) is 0 Å². The minimum Gasteiger partial charge on any atom is -0.374 e. The quantitative estimate of drug-likeness (QED) is 0.759. The molecule has 0 heterocycles. The summed E-state index contributed by atoms with van der Waals surface area (Å²) < 4.78 is 0. The van der Waals surface area contributed by atoms with E-state index in [-0.39, 0.29) is 0 Å². The minimum atomic E-state index is 0.718. The maximum absolute atomic E-state index is 3.27. The fourth-order valence-corrected chi connectivity index (χ4v) is 2.33. The summed E-state index contributed by atoms with van der Waals surface area (Å²) in [6.07, 6.45) is 3.62. The summed E-state index contributed by atoms with van der Waals surface area (Å²) in [7, 11) is 4.22. The van der Waals surface area contributed by atoms with Gasteiger partial charge in [0.05, 0.1) is 0 Å². The average molecular weight is 248 g/mol. The summed E-state index contributed by atoms with van der Waals surface area (Å²) in [5.41, 5.74) is 2.77. The first kappa shape index (κ1) is 15.0. The Balaban J connectivity index is 2.57. The molecule has 0 aliphatic heterocycles. The van der Waals surface area contributed by atoms with Crippen LogP contribution < -0.4 is 10.2 Å². The summed E-state index contributed by atoms with van der Waals surface area (Å²) >= 11 is 0. The number of nitrogens with one attached hydrogen (secondary N) is 1. The highest BCUT2D eigenvalue weighted by Crippen LogP contribution is 2.16. The van der Waals surface area contributed by atoms with Crippen molar-refractivity contribution in [2.75, 3.05) is 32.1 Å². The average Bonchev–Trinajstić information content (AvgIpc) is 2.39. The number of aryl methyl sites for hydroxylation is 1. The maximum atomic E-state index is 3.27. The van der Waals surface area contributed by atoms with Gasteiger partial charge in [-0.1, -0.05) is 38.8 Å². The number of hydrogen-bond donors (Lipinski definition) is 1. The van der Waals surface area contributed by atoms with Crippen molar-refractivity contribution in [2.24, 2.45) is 5.92 Å². The van der Waals surface area contributed by atoms with Gasteiger partial charge in [-0.25, -0.2) is 0 Å². The lowest BCUT2D eigenvalue weighted by Crippen LogP contribution is -2.31. The van der Waals surface area contributed by atoms with E-state index in [1.165, 1.54) is 30.5 Å². The third-order valence-electron chi connectivity index (χ3n) is 3.52. The number of rotatable bonds is 8. The first-order valence-corrected chi connectivity index (χ1v) is 7.15. The van der Waals surface area contributed by atoms with Crippen molar-refractivity contribution in [1.82, 2.24) is 5.32 Å². The van der Waals surface area contributed by atoms with Crippen molar-refractivity contribution in [2.45, 2.75) is 33.1 Å². The van der Waals surface area contributed by atoms with Gasteiger partial charge in [0.15, 0.2) is 0 Å². The molecule has 1 rings (SSSR count). The Morgan fingerprint density at radius 2 is 1.83 bits per heavy atom. The summed E-state index contributed by atoms with van der Waals surface area (Å²) in [6.45, 7) is 6.70. The van der Waals surface area contributed by atoms with E-state index < -0.39 is 0 Å². The zero-order chi connectivity index (χ0) is 13.4. The highest BCUT2D eigenvalue weighted by atomic mass is 15.1. The van der Waals surface area contributed by atoms with Crippen molar-refractivity contribution in [3.8, 4) is 0 Å². The zero-order valence-corrected chi connectivity index (χ0v) is 12.4. The van der Waals surface area contributed by atoms with Gasteiger partial charge in [0, 0.05) is 19.3 Å². The van der Waals surface area contributed by atoms with Gasteiger partial charge in [0.2, 0.25) is 0 Å². The van der Waals surface area contributed by atoms with Crippen molar-refractivity contribution in [1.29, 1.82) is 0 Å². The fraction of sp³-hybridized carbons (Fsp3) is 0.625. The lowest BCUT2D eigenvalue weighted by atomic mass is 10.1. The predicted octanol–water partition coefficient (Wildman–Crippen LogP) is 3.32. The topological polar surface area (TPSA) is 15.3 Å². The van der Waals surface area contributed by atoms with Crippen LogP contribution in [0.1, 0.15) is 32.3 Å². The molecule has 0 saturated heterocycles. The molecule has 0 spiro atoms. The van der Waals surface area contributed by atoms with Crippen molar-refractivity contribution in [3.05, 3.63) is 29.8 Å². The van der Waals surface area contributed by atoms with Crippen LogP contribution in [0.4, 0.5) is 5.69 Å². The Hall–Kier alpha value is -1.02. The van der Waals surface area contributed by atoms with Crippen molar-refractivity contribution >= 4 is 5.69 Å². The Bertz CT molecular complexity index is 318. The fourth-order valence-electron chi connectivity index (χ4n) is 2.33. The Morgan fingerprint density at radius 1 is 1.17 bits per heavy atom. The third kappa shape index (κ3) is 4.69. The van der Waals surface area contributed by atoms with E-state index in [1.54, 1.807) is 0 Å². The van der Waals surface area contributed by atoms with Gasteiger partial charge in [0.1, 0.15) is 0 Å². The molecule has 0 saturated carbocycles. The molecule has 0 bridgehead atoms. The first-order valence-electron chi connectivity index (χ1n) is 7.15. The molecule has 2 heteroatoms. The largest absolute Gasteiger partial charge is 0.374 e. The molecule has 0 amide bonds. The second-order valence-electron chi connectivity index (χ2n) is 5.13. The maximum Gasteiger partial charge on any atom is 0.0363 e. The summed E-state index contributed by atoms with van der Waals surface area (Å²) in [5.74, 6) is 0.718. The molecular formula is C16H28N2. The summed E-state index contributed by atoms with van der Waals surface area (Å²) in [5, 5.41) is 3.27. The number of benzene rings is 1. The predicted molar refractivity (Wildman–Crippen MR) is 81.4 cm³/mol. The first-order chi connectivity index (χ1) is 8.71. The van der Waals surface area contributed by atoms with Gasteiger partial charge in [-0.05, 0) is 43.6 Å². The second-order valence-corrected chi connectivity index (χ2v) is 5.13. The molecule has 0 aliphatic carbocycles. The molecule has 1 unspecified atom stereocenters. The Morgan fingerprint density at radius 3 is 2.33 bits per heavy atom. The van der Waals surface area contributed by atoms with E-state index in [4.69, 9.17) is 0 Å². The molecule has 0 aromatic heterocycles. The molecule has 0 aliphatic rings. The molecule has 1 aromatic carbocycles. The molecule has 1 aromatic rings. The van der Waals surface area contributed by atoms with Gasteiger partial charge >= 0.3 is 0 Å². The molecule has 0 radical (unpaired) electrons. The van der Waals surface area contributed by atoms with Crippen LogP contribution in [0.3, 0.4) is 0 Å².